The summed E-state index contributed by atoms with van der Waals surface area (Å²) in [6, 6.07) is 7.95. The van der Waals surface area contributed by atoms with E-state index in [1.165, 1.54) is 0 Å². The summed E-state index contributed by atoms with van der Waals surface area (Å²) >= 11 is 0. The summed E-state index contributed by atoms with van der Waals surface area (Å²) in [6.45, 7) is 0.634. The van der Waals surface area contributed by atoms with Crippen molar-refractivity contribution in [1.29, 1.82) is 0 Å². The van der Waals surface area contributed by atoms with E-state index in [9.17, 15) is 14.4 Å². The van der Waals surface area contributed by atoms with Crippen molar-refractivity contribution in [3.05, 3.63) is 35.9 Å². The Kier molecular flexibility index (Phi) is 2.81. The Hall–Kier alpha value is -2.17. The highest BCUT2D eigenvalue weighted by atomic mass is 16.2. The van der Waals surface area contributed by atoms with E-state index in [2.05, 4.69) is 0 Å². The van der Waals surface area contributed by atoms with Gasteiger partial charge in [-0.2, -0.15) is 4.90 Å². The zero-order valence-electron chi connectivity index (χ0n) is 10.4. The maximum Gasteiger partial charge on any atom is 0.334 e. The first-order valence-corrected chi connectivity index (χ1v) is 6.41. The second-order valence-electron chi connectivity index (χ2n) is 4.88. The zero-order chi connectivity index (χ0) is 13.4. The fourth-order valence-electron chi connectivity index (χ4n) is 2.74. The molecular weight excluding hydrogens is 244 g/mol. The number of carbonyl (C=O) groups excluding carboxylic acids is 3. The van der Waals surface area contributed by atoms with Gasteiger partial charge in [0.1, 0.15) is 0 Å². The van der Waals surface area contributed by atoms with Crippen LogP contribution in [0, 0.1) is 0 Å². The quantitative estimate of drug-likeness (QED) is 0.719. The average molecular weight is 258 g/mol. The van der Waals surface area contributed by atoms with E-state index in [1.807, 2.05) is 0 Å². The van der Waals surface area contributed by atoms with Gasteiger partial charge in [-0.15, -0.1) is 0 Å². The van der Waals surface area contributed by atoms with Crippen LogP contribution in [-0.4, -0.2) is 40.2 Å². The summed E-state index contributed by atoms with van der Waals surface area (Å²) in [6.07, 6.45) is 2.01. The molecule has 0 aromatic heterocycles. The number of hydrogen-bond donors (Lipinski definition) is 0. The summed E-state index contributed by atoms with van der Waals surface area (Å²) in [5.41, 5.74) is 0.363. The number of imide groups is 3. The van der Waals surface area contributed by atoms with E-state index >= 15 is 0 Å². The second kappa shape index (κ2) is 4.50. The lowest BCUT2D eigenvalue weighted by atomic mass is 10.1. The van der Waals surface area contributed by atoms with Gasteiger partial charge < -0.3 is 4.90 Å². The maximum atomic E-state index is 12.3. The summed E-state index contributed by atoms with van der Waals surface area (Å²) in [5, 5.41) is 0. The molecule has 4 amide bonds. The van der Waals surface area contributed by atoms with E-state index in [-0.39, 0.29) is 18.4 Å². The van der Waals surface area contributed by atoms with Gasteiger partial charge in [-0.05, 0) is 25.0 Å². The third-order valence-corrected chi connectivity index (χ3v) is 3.70. The van der Waals surface area contributed by atoms with Crippen LogP contribution in [0.25, 0.3) is 0 Å². The summed E-state index contributed by atoms with van der Waals surface area (Å²) in [7, 11) is 0. The first kappa shape index (κ1) is 11.9. The van der Waals surface area contributed by atoms with Gasteiger partial charge in [0.2, 0.25) is 5.91 Å². The van der Waals surface area contributed by atoms with Crippen molar-refractivity contribution in [2.45, 2.75) is 25.3 Å². The zero-order valence-corrected chi connectivity index (χ0v) is 10.4. The molecule has 2 fully saturated rings. The first-order valence-electron chi connectivity index (χ1n) is 6.41. The summed E-state index contributed by atoms with van der Waals surface area (Å²) in [5.74, 6) is -0.914. The minimum absolute atomic E-state index is 0.0141. The molecule has 5 heteroatoms. The van der Waals surface area contributed by atoms with Gasteiger partial charge in [0.15, 0.2) is 0 Å². The fraction of sp³-hybridized carbons (Fsp3) is 0.357. The van der Waals surface area contributed by atoms with Crippen LogP contribution in [0.2, 0.25) is 0 Å². The highest BCUT2D eigenvalue weighted by Crippen LogP contribution is 2.27. The van der Waals surface area contributed by atoms with E-state index in [4.69, 9.17) is 0 Å². The van der Waals surface area contributed by atoms with E-state index in [0.29, 0.717) is 12.1 Å². The van der Waals surface area contributed by atoms with Crippen LogP contribution in [0.3, 0.4) is 0 Å². The van der Waals surface area contributed by atoms with Crippen molar-refractivity contribution in [2.24, 2.45) is 0 Å². The molecule has 5 nitrogen and oxygen atoms in total. The van der Waals surface area contributed by atoms with Gasteiger partial charge in [-0.1, -0.05) is 18.2 Å². The molecule has 2 aliphatic heterocycles. The van der Waals surface area contributed by atoms with E-state index in [0.717, 1.165) is 17.7 Å². The normalized spacial score (nSPS) is 22.6. The predicted octanol–water partition coefficient (Wildman–Crippen LogP) is 1.64. The van der Waals surface area contributed by atoms with E-state index in [1.54, 1.807) is 35.2 Å². The van der Waals surface area contributed by atoms with Gasteiger partial charge in [-0.3, -0.25) is 9.59 Å². The van der Waals surface area contributed by atoms with Crippen LogP contribution in [-0.2, 0) is 4.79 Å². The number of nitrogens with zero attached hydrogens (tertiary/aromatic N) is 2. The fourth-order valence-corrected chi connectivity index (χ4v) is 2.74. The molecule has 1 aromatic rings. The smallest absolute Gasteiger partial charge is 0.320 e. The Balaban J connectivity index is 1.89. The number of rotatable bonds is 1. The SMILES string of the molecule is O=C1CC2CCCN2C(=O)N1C(=O)c1ccccc1. The van der Waals surface area contributed by atoms with Crippen molar-refractivity contribution < 1.29 is 14.4 Å². The topological polar surface area (TPSA) is 57.7 Å². The Morgan fingerprint density at radius 3 is 2.63 bits per heavy atom. The third-order valence-electron chi connectivity index (χ3n) is 3.70. The van der Waals surface area contributed by atoms with Crippen LogP contribution >= 0.6 is 0 Å². The van der Waals surface area contributed by atoms with Crippen LogP contribution in [0.15, 0.2) is 30.3 Å². The Labute approximate surface area is 110 Å². The summed E-state index contributed by atoms with van der Waals surface area (Å²) in [4.78, 5) is 39.0. The minimum atomic E-state index is -0.527. The molecule has 0 aliphatic carbocycles. The van der Waals surface area contributed by atoms with Gasteiger partial charge in [0.25, 0.3) is 5.91 Å². The molecule has 98 valence electrons. The Morgan fingerprint density at radius 2 is 1.89 bits per heavy atom. The molecule has 19 heavy (non-hydrogen) atoms. The number of urea groups is 1. The number of fused-ring (bicyclic) bond motifs is 1. The minimum Gasteiger partial charge on any atom is -0.320 e. The molecule has 0 radical (unpaired) electrons. The van der Waals surface area contributed by atoms with Crippen molar-refractivity contribution in [3.63, 3.8) is 0 Å². The molecule has 2 aliphatic rings. The van der Waals surface area contributed by atoms with Gasteiger partial charge in [0, 0.05) is 24.6 Å². The average Bonchev–Trinajstić information content (AvgIpc) is 2.88. The molecule has 0 spiro atoms. The lowest BCUT2D eigenvalue weighted by molar-refractivity contribution is -0.129. The third kappa shape index (κ3) is 1.91. The number of carbonyl (C=O) groups is 3. The van der Waals surface area contributed by atoms with Crippen molar-refractivity contribution in [3.8, 4) is 0 Å². The van der Waals surface area contributed by atoms with Crippen molar-refractivity contribution in [1.82, 2.24) is 9.80 Å². The largest absolute Gasteiger partial charge is 0.334 e. The van der Waals surface area contributed by atoms with Crippen molar-refractivity contribution in [2.75, 3.05) is 6.54 Å². The lowest BCUT2D eigenvalue weighted by Crippen LogP contribution is -2.56. The van der Waals surface area contributed by atoms with Crippen molar-refractivity contribution >= 4 is 17.8 Å². The maximum absolute atomic E-state index is 12.3. The molecule has 2 heterocycles. The standard InChI is InChI=1S/C14H14N2O3/c17-12-9-11-7-4-8-15(11)14(19)16(12)13(18)10-5-2-1-3-6-10/h1-3,5-6,11H,4,7-9H2. The molecule has 0 bridgehead atoms. The summed E-state index contributed by atoms with van der Waals surface area (Å²) < 4.78 is 0. The molecule has 0 saturated carbocycles. The molecule has 1 aromatic carbocycles. The monoisotopic (exact) mass is 258 g/mol. The molecule has 1 unspecified atom stereocenters. The Morgan fingerprint density at radius 1 is 1.16 bits per heavy atom. The molecule has 3 rings (SSSR count). The van der Waals surface area contributed by atoms with Gasteiger partial charge >= 0.3 is 6.03 Å². The van der Waals surface area contributed by atoms with Crippen LogP contribution < -0.4 is 0 Å². The van der Waals surface area contributed by atoms with Gasteiger partial charge in [-0.25, -0.2) is 4.79 Å². The number of hydrogen-bond acceptors (Lipinski definition) is 3. The Bertz CT molecular complexity index is 541. The number of benzene rings is 1. The second-order valence-corrected chi connectivity index (χ2v) is 4.88. The molecule has 1 atom stereocenters. The first-order chi connectivity index (χ1) is 9.18. The number of amides is 4. The van der Waals surface area contributed by atoms with E-state index < -0.39 is 11.9 Å². The van der Waals surface area contributed by atoms with Crippen LogP contribution in [0.5, 0.6) is 0 Å². The molecule has 0 N–H and O–H groups in total. The molecular formula is C14H14N2O3. The highest BCUT2D eigenvalue weighted by Gasteiger charge is 2.44. The van der Waals surface area contributed by atoms with Crippen LogP contribution in [0.1, 0.15) is 29.6 Å². The predicted molar refractivity (Wildman–Crippen MR) is 67.4 cm³/mol. The molecule has 2 saturated heterocycles. The van der Waals surface area contributed by atoms with Gasteiger partial charge in [0.05, 0.1) is 0 Å². The van der Waals surface area contributed by atoms with Crippen LogP contribution in [0.4, 0.5) is 4.79 Å². The lowest BCUT2D eigenvalue weighted by Gasteiger charge is -2.34. The highest BCUT2D eigenvalue weighted by molar-refractivity contribution is 6.17.